The molecule has 190 valence electrons. The first-order valence-corrected chi connectivity index (χ1v) is 11.8. The van der Waals surface area contributed by atoms with Gasteiger partial charge in [0, 0.05) is 17.4 Å². The number of halogens is 3. The Bertz CT molecular complexity index is 1410. The minimum Gasteiger partial charge on any atom is -0.378 e. The molecule has 1 aromatic heterocycles. The van der Waals surface area contributed by atoms with Gasteiger partial charge in [0.05, 0.1) is 22.8 Å². The summed E-state index contributed by atoms with van der Waals surface area (Å²) in [5.41, 5.74) is 0.0261. The number of rotatable bonds is 9. The van der Waals surface area contributed by atoms with Gasteiger partial charge in [-0.2, -0.15) is 13.2 Å². The van der Waals surface area contributed by atoms with Crippen molar-refractivity contribution >= 4 is 34.7 Å². The van der Waals surface area contributed by atoms with Gasteiger partial charge in [-0.05, 0) is 36.4 Å². The Morgan fingerprint density at radius 1 is 1.00 bits per heavy atom. The Morgan fingerprint density at radius 3 is 2.46 bits per heavy atom. The quantitative estimate of drug-likeness (QED) is 0.167. The van der Waals surface area contributed by atoms with Gasteiger partial charge in [-0.3, -0.25) is 19.5 Å². The van der Waals surface area contributed by atoms with Crippen LogP contribution in [0.5, 0.6) is 0 Å². The summed E-state index contributed by atoms with van der Waals surface area (Å²) in [5, 5.41) is 25.3. The fraction of sp³-hybridized carbons (Fsp3) is 0.125. The lowest BCUT2D eigenvalue weighted by atomic mass is 10.2. The van der Waals surface area contributed by atoms with Gasteiger partial charge in [0.2, 0.25) is 5.91 Å². The highest BCUT2D eigenvalue weighted by atomic mass is 32.2. The number of anilines is 2. The second kappa shape index (κ2) is 11.1. The molecule has 0 aliphatic carbocycles. The van der Waals surface area contributed by atoms with Gasteiger partial charge >= 0.3 is 6.18 Å². The monoisotopic (exact) mass is 528 g/mol. The number of benzene rings is 3. The number of hydrogen-bond acceptors (Lipinski definition) is 7. The van der Waals surface area contributed by atoms with E-state index in [9.17, 15) is 28.1 Å². The number of nitro groups is 1. The van der Waals surface area contributed by atoms with Gasteiger partial charge in [-0.25, -0.2) is 0 Å². The van der Waals surface area contributed by atoms with Crippen LogP contribution in [0.1, 0.15) is 11.4 Å². The Hall–Kier alpha value is -4.39. The molecule has 4 aromatic rings. The van der Waals surface area contributed by atoms with Crippen molar-refractivity contribution in [2.45, 2.75) is 17.9 Å². The van der Waals surface area contributed by atoms with Crippen LogP contribution in [0.15, 0.2) is 84.0 Å². The maximum absolute atomic E-state index is 13.0. The zero-order chi connectivity index (χ0) is 26.4. The average molecular weight is 529 g/mol. The van der Waals surface area contributed by atoms with E-state index in [2.05, 4.69) is 20.8 Å². The largest absolute Gasteiger partial charge is 0.416 e. The van der Waals surface area contributed by atoms with Crippen LogP contribution >= 0.6 is 11.8 Å². The van der Waals surface area contributed by atoms with Crippen molar-refractivity contribution in [2.75, 3.05) is 16.4 Å². The second-order valence-electron chi connectivity index (χ2n) is 7.61. The lowest BCUT2D eigenvalue weighted by Crippen LogP contribution is -2.16. The number of aromatic nitrogens is 3. The molecule has 0 aliphatic rings. The Morgan fingerprint density at radius 2 is 1.73 bits per heavy atom. The first kappa shape index (κ1) is 25.7. The number of nitrogens with one attached hydrogen (secondary N) is 2. The molecule has 0 radical (unpaired) electrons. The van der Waals surface area contributed by atoms with E-state index in [1.807, 2.05) is 6.07 Å². The fourth-order valence-corrected chi connectivity index (χ4v) is 4.16. The van der Waals surface area contributed by atoms with E-state index >= 15 is 0 Å². The molecule has 3 aromatic carbocycles. The van der Waals surface area contributed by atoms with E-state index in [0.717, 1.165) is 23.9 Å². The number of amides is 1. The molecule has 13 heteroatoms. The summed E-state index contributed by atoms with van der Waals surface area (Å²) in [6, 6.07) is 19.6. The second-order valence-corrected chi connectivity index (χ2v) is 8.56. The molecular weight excluding hydrogens is 509 g/mol. The molecule has 0 spiro atoms. The maximum atomic E-state index is 13.0. The minimum atomic E-state index is -4.47. The van der Waals surface area contributed by atoms with Crippen LogP contribution in [-0.2, 0) is 17.5 Å². The molecule has 0 unspecified atom stereocenters. The zero-order valence-electron chi connectivity index (χ0n) is 19.0. The van der Waals surface area contributed by atoms with E-state index < -0.39 is 22.6 Å². The van der Waals surface area contributed by atoms with Crippen LogP contribution in [0.2, 0.25) is 0 Å². The van der Waals surface area contributed by atoms with Crippen LogP contribution in [-0.4, -0.2) is 31.3 Å². The molecule has 4 rings (SSSR count). The molecule has 0 saturated carbocycles. The standard InChI is InChI=1S/C24H19F3N6O3S/c25-24(26,27)16-7-6-8-17(13-16)28-14-21-30-31-23(32(21)18-9-2-1-3-10-18)37-15-22(34)29-19-11-4-5-12-20(19)33(35)36/h1-13,28H,14-15H2,(H,29,34). The predicted octanol–water partition coefficient (Wildman–Crippen LogP) is 5.54. The number of nitrogens with zero attached hydrogens (tertiary/aromatic N) is 4. The summed E-state index contributed by atoms with van der Waals surface area (Å²) < 4.78 is 40.8. The summed E-state index contributed by atoms with van der Waals surface area (Å²) in [5.74, 6) is -0.186. The average Bonchev–Trinajstić information content (AvgIpc) is 3.29. The predicted molar refractivity (Wildman–Crippen MR) is 133 cm³/mol. The molecule has 0 atom stereocenters. The van der Waals surface area contributed by atoms with Crippen molar-refractivity contribution in [1.82, 2.24) is 14.8 Å². The normalized spacial score (nSPS) is 11.2. The van der Waals surface area contributed by atoms with Gasteiger partial charge < -0.3 is 10.6 Å². The molecule has 1 heterocycles. The number of alkyl halides is 3. The summed E-state index contributed by atoms with van der Waals surface area (Å²) >= 11 is 1.06. The first-order chi connectivity index (χ1) is 17.7. The number of hydrogen-bond donors (Lipinski definition) is 2. The SMILES string of the molecule is O=C(CSc1nnc(CNc2cccc(C(F)(F)F)c2)n1-c1ccccc1)Nc1ccccc1[N+](=O)[O-]. The Kier molecular flexibility index (Phi) is 7.72. The number of nitro benzene ring substituents is 1. The Labute approximate surface area is 212 Å². The zero-order valence-corrected chi connectivity index (χ0v) is 19.8. The highest BCUT2D eigenvalue weighted by Gasteiger charge is 2.30. The number of thioether (sulfide) groups is 1. The van der Waals surface area contributed by atoms with E-state index in [1.54, 1.807) is 34.9 Å². The summed E-state index contributed by atoms with van der Waals surface area (Å²) in [4.78, 5) is 23.1. The molecule has 0 fully saturated rings. The third kappa shape index (κ3) is 6.44. The van der Waals surface area contributed by atoms with Crippen molar-refractivity contribution in [1.29, 1.82) is 0 Å². The third-order valence-electron chi connectivity index (χ3n) is 5.06. The maximum Gasteiger partial charge on any atom is 0.416 e. The van der Waals surface area contributed by atoms with Gasteiger partial charge in [-0.15, -0.1) is 10.2 Å². The third-order valence-corrected chi connectivity index (χ3v) is 5.99. The van der Waals surface area contributed by atoms with Crippen molar-refractivity contribution in [3.8, 4) is 5.69 Å². The smallest absolute Gasteiger partial charge is 0.378 e. The Balaban J connectivity index is 1.51. The van der Waals surface area contributed by atoms with Crippen LogP contribution in [0.3, 0.4) is 0 Å². The fourth-order valence-electron chi connectivity index (χ4n) is 3.39. The minimum absolute atomic E-state index is 0.0617. The van der Waals surface area contributed by atoms with Crippen LogP contribution in [0, 0.1) is 10.1 Å². The van der Waals surface area contributed by atoms with E-state index in [-0.39, 0.29) is 29.4 Å². The van der Waals surface area contributed by atoms with E-state index in [0.29, 0.717) is 16.7 Å². The summed E-state index contributed by atoms with van der Waals surface area (Å²) in [6.45, 7) is 0.0617. The lowest BCUT2D eigenvalue weighted by Gasteiger charge is -2.13. The molecule has 1 amide bonds. The van der Waals surface area contributed by atoms with Crippen LogP contribution in [0.25, 0.3) is 5.69 Å². The van der Waals surface area contributed by atoms with Crippen molar-refractivity contribution in [3.63, 3.8) is 0 Å². The molecular formula is C24H19F3N6O3S. The van der Waals surface area contributed by atoms with Gasteiger partial charge in [0.25, 0.3) is 5.69 Å². The highest BCUT2D eigenvalue weighted by molar-refractivity contribution is 7.99. The molecule has 2 N–H and O–H groups in total. The molecule has 9 nitrogen and oxygen atoms in total. The number of carbonyl (C=O) groups excluding carboxylic acids is 1. The topological polar surface area (TPSA) is 115 Å². The summed E-state index contributed by atoms with van der Waals surface area (Å²) in [7, 11) is 0. The molecule has 0 bridgehead atoms. The molecule has 0 saturated heterocycles. The van der Waals surface area contributed by atoms with Crippen LogP contribution < -0.4 is 10.6 Å². The molecule has 0 aliphatic heterocycles. The van der Waals surface area contributed by atoms with Gasteiger partial charge in [-0.1, -0.05) is 48.2 Å². The first-order valence-electron chi connectivity index (χ1n) is 10.8. The lowest BCUT2D eigenvalue weighted by molar-refractivity contribution is -0.383. The van der Waals surface area contributed by atoms with Gasteiger partial charge in [0.15, 0.2) is 11.0 Å². The number of para-hydroxylation sites is 3. The van der Waals surface area contributed by atoms with E-state index in [1.165, 1.54) is 30.3 Å². The van der Waals surface area contributed by atoms with Gasteiger partial charge in [0.1, 0.15) is 5.69 Å². The van der Waals surface area contributed by atoms with E-state index in [4.69, 9.17) is 0 Å². The number of carbonyl (C=O) groups is 1. The molecule has 37 heavy (non-hydrogen) atoms. The van der Waals surface area contributed by atoms with Crippen molar-refractivity contribution < 1.29 is 22.9 Å². The van der Waals surface area contributed by atoms with Crippen molar-refractivity contribution in [2.24, 2.45) is 0 Å². The highest BCUT2D eigenvalue weighted by Crippen LogP contribution is 2.31. The van der Waals surface area contributed by atoms with Crippen LogP contribution in [0.4, 0.5) is 30.2 Å². The van der Waals surface area contributed by atoms with Crippen molar-refractivity contribution in [3.05, 3.63) is 100 Å². The summed E-state index contributed by atoms with van der Waals surface area (Å²) in [6.07, 6.45) is -4.47.